The molecule has 0 unspecified atom stereocenters. The van der Waals surface area contributed by atoms with Crippen LogP contribution in [0.25, 0.3) is 0 Å². The Bertz CT molecular complexity index is 353. The van der Waals surface area contributed by atoms with Crippen molar-refractivity contribution in [2.45, 2.75) is 26.3 Å². The van der Waals surface area contributed by atoms with Gasteiger partial charge in [0.2, 0.25) is 11.8 Å². The van der Waals surface area contributed by atoms with Crippen LogP contribution < -0.4 is 16.8 Å². The third-order valence-electron chi connectivity index (χ3n) is 1.97. The van der Waals surface area contributed by atoms with E-state index in [0.717, 1.165) is 12.0 Å². The first-order chi connectivity index (χ1) is 8.56. The number of nitrogens with two attached hydrogens (primary N) is 2. The summed E-state index contributed by atoms with van der Waals surface area (Å²) in [7, 11) is 0. The second-order valence-corrected chi connectivity index (χ2v) is 3.77. The average Bonchev–Trinajstić information content (AvgIpc) is 2.30. The lowest BCUT2D eigenvalue weighted by Crippen LogP contribution is -2.27. The number of amides is 2. The molecule has 0 aliphatic rings. The summed E-state index contributed by atoms with van der Waals surface area (Å²) in [6, 6.07) is 9.86. The molecule has 0 fully saturated rings. The Morgan fingerprint density at radius 3 is 2.11 bits per heavy atom. The van der Waals surface area contributed by atoms with Gasteiger partial charge in [-0.3, -0.25) is 9.59 Å². The quantitative estimate of drug-likeness (QED) is 0.688. The van der Waals surface area contributed by atoms with E-state index in [2.05, 4.69) is 5.32 Å². The van der Waals surface area contributed by atoms with Crippen LogP contribution in [0.3, 0.4) is 0 Å². The zero-order valence-electron chi connectivity index (χ0n) is 10.7. The van der Waals surface area contributed by atoms with Gasteiger partial charge < -0.3 is 16.8 Å². The van der Waals surface area contributed by atoms with Crippen molar-refractivity contribution in [2.75, 3.05) is 6.54 Å². The van der Waals surface area contributed by atoms with Crippen molar-refractivity contribution in [3.63, 3.8) is 0 Å². The normalized spacial score (nSPS) is 9.17. The van der Waals surface area contributed by atoms with E-state index in [-0.39, 0.29) is 18.4 Å². The van der Waals surface area contributed by atoms with Crippen LogP contribution in [-0.4, -0.2) is 18.4 Å². The maximum absolute atomic E-state index is 10.3. The first-order valence-corrected chi connectivity index (χ1v) is 5.87. The highest BCUT2D eigenvalue weighted by atomic mass is 16.1. The smallest absolute Gasteiger partial charge is 0.231 e. The van der Waals surface area contributed by atoms with Crippen LogP contribution in [0.15, 0.2) is 30.3 Å². The third kappa shape index (κ3) is 10.6. The summed E-state index contributed by atoms with van der Waals surface area (Å²) >= 11 is 0. The summed E-state index contributed by atoms with van der Waals surface area (Å²) in [6.07, 6.45) is 1.37. The molecule has 1 rings (SSSR count). The molecule has 1 aromatic rings. The van der Waals surface area contributed by atoms with Crippen molar-refractivity contribution < 1.29 is 9.59 Å². The molecule has 0 spiro atoms. The van der Waals surface area contributed by atoms with Crippen molar-refractivity contribution in [3.05, 3.63) is 35.9 Å². The summed E-state index contributed by atoms with van der Waals surface area (Å²) in [5.41, 5.74) is 10.9. The predicted octanol–water partition coefficient (Wildman–Crippen LogP) is 0.533. The molecule has 5 N–H and O–H groups in total. The van der Waals surface area contributed by atoms with Crippen LogP contribution in [-0.2, 0) is 16.1 Å². The molecule has 0 radical (unpaired) electrons. The van der Waals surface area contributed by atoms with E-state index in [1.54, 1.807) is 0 Å². The fourth-order valence-electron chi connectivity index (χ4n) is 1.17. The summed E-state index contributed by atoms with van der Waals surface area (Å²) in [5, 5.41) is 2.93. The monoisotopic (exact) mass is 251 g/mol. The third-order valence-corrected chi connectivity index (χ3v) is 1.97. The number of nitrogens with one attached hydrogen (secondary N) is 1. The molecule has 2 amide bonds. The Labute approximate surface area is 108 Å². The molecule has 0 aromatic heterocycles. The second kappa shape index (κ2) is 10.3. The summed E-state index contributed by atoms with van der Waals surface area (Å²) < 4.78 is 0. The first kappa shape index (κ1) is 16.1. The molecule has 5 heteroatoms. The van der Waals surface area contributed by atoms with E-state index >= 15 is 0 Å². The van der Waals surface area contributed by atoms with Gasteiger partial charge in [0.05, 0.1) is 6.54 Å². The van der Waals surface area contributed by atoms with Crippen molar-refractivity contribution in [3.8, 4) is 0 Å². The SMILES string of the molecule is CCCC(N)=O.NC(=O)CNCc1ccccc1. The minimum Gasteiger partial charge on any atom is -0.370 e. The maximum Gasteiger partial charge on any atom is 0.231 e. The Hall–Kier alpha value is -1.88. The molecule has 0 bridgehead atoms. The van der Waals surface area contributed by atoms with Gasteiger partial charge in [-0.1, -0.05) is 37.3 Å². The fraction of sp³-hybridized carbons (Fsp3) is 0.385. The Balaban J connectivity index is 0.000000411. The Morgan fingerprint density at radius 2 is 1.72 bits per heavy atom. The van der Waals surface area contributed by atoms with Crippen LogP contribution >= 0.6 is 0 Å². The van der Waals surface area contributed by atoms with Gasteiger partial charge in [0.15, 0.2) is 0 Å². The number of hydrogen-bond donors (Lipinski definition) is 3. The van der Waals surface area contributed by atoms with E-state index in [1.165, 1.54) is 0 Å². The van der Waals surface area contributed by atoms with E-state index < -0.39 is 0 Å². The number of benzene rings is 1. The molecule has 1 aromatic carbocycles. The number of hydrogen-bond acceptors (Lipinski definition) is 3. The molecule has 5 nitrogen and oxygen atoms in total. The Kier molecular flexibility index (Phi) is 9.21. The van der Waals surface area contributed by atoms with Gasteiger partial charge in [-0.05, 0) is 12.0 Å². The first-order valence-electron chi connectivity index (χ1n) is 5.87. The van der Waals surface area contributed by atoms with Gasteiger partial charge in [0, 0.05) is 13.0 Å². The molecule has 0 heterocycles. The number of carbonyl (C=O) groups is 2. The largest absolute Gasteiger partial charge is 0.370 e. The molecule has 100 valence electrons. The van der Waals surface area contributed by atoms with Gasteiger partial charge in [-0.15, -0.1) is 0 Å². The topological polar surface area (TPSA) is 98.2 Å². The van der Waals surface area contributed by atoms with Crippen molar-refractivity contribution >= 4 is 11.8 Å². The van der Waals surface area contributed by atoms with Crippen LogP contribution in [0.2, 0.25) is 0 Å². The van der Waals surface area contributed by atoms with Gasteiger partial charge in [0.25, 0.3) is 0 Å². The lowest BCUT2D eigenvalue weighted by Gasteiger charge is -2.00. The van der Waals surface area contributed by atoms with Crippen LogP contribution in [0.5, 0.6) is 0 Å². The van der Waals surface area contributed by atoms with E-state index in [1.807, 2.05) is 37.3 Å². The number of rotatable bonds is 6. The Morgan fingerprint density at radius 1 is 1.11 bits per heavy atom. The molecule has 0 aliphatic carbocycles. The van der Waals surface area contributed by atoms with Crippen LogP contribution in [0.4, 0.5) is 0 Å². The highest BCUT2D eigenvalue weighted by Crippen LogP contribution is 1.96. The molecular formula is C13H21N3O2. The van der Waals surface area contributed by atoms with Crippen molar-refractivity contribution in [2.24, 2.45) is 11.5 Å². The molecule has 0 atom stereocenters. The standard InChI is InChI=1S/C9H12N2O.C4H9NO/c10-9(12)7-11-6-8-4-2-1-3-5-8;1-2-3-4(5)6/h1-5,11H,6-7H2,(H2,10,12);2-3H2,1H3,(H2,5,6). The van der Waals surface area contributed by atoms with Crippen molar-refractivity contribution in [1.82, 2.24) is 5.32 Å². The number of primary amides is 2. The number of carbonyl (C=O) groups excluding carboxylic acids is 2. The van der Waals surface area contributed by atoms with E-state index in [4.69, 9.17) is 11.5 Å². The zero-order chi connectivity index (χ0) is 13.8. The van der Waals surface area contributed by atoms with Crippen molar-refractivity contribution in [1.29, 1.82) is 0 Å². The molecule has 0 aliphatic heterocycles. The molecular weight excluding hydrogens is 230 g/mol. The van der Waals surface area contributed by atoms with Gasteiger partial charge >= 0.3 is 0 Å². The lowest BCUT2D eigenvalue weighted by molar-refractivity contribution is -0.118. The average molecular weight is 251 g/mol. The zero-order valence-corrected chi connectivity index (χ0v) is 10.7. The minimum absolute atomic E-state index is 0.211. The van der Waals surface area contributed by atoms with Gasteiger partial charge in [0.1, 0.15) is 0 Å². The predicted molar refractivity (Wildman–Crippen MR) is 71.4 cm³/mol. The van der Waals surface area contributed by atoms with Gasteiger partial charge in [-0.25, -0.2) is 0 Å². The van der Waals surface area contributed by atoms with E-state index in [9.17, 15) is 9.59 Å². The molecule has 0 saturated heterocycles. The highest BCUT2D eigenvalue weighted by molar-refractivity contribution is 5.75. The molecule has 0 saturated carbocycles. The van der Waals surface area contributed by atoms with E-state index in [0.29, 0.717) is 13.0 Å². The summed E-state index contributed by atoms with van der Waals surface area (Å²) in [4.78, 5) is 20.2. The second-order valence-electron chi connectivity index (χ2n) is 3.77. The van der Waals surface area contributed by atoms with Gasteiger partial charge in [-0.2, -0.15) is 0 Å². The lowest BCUT2D eigenvalue weighted by atomic mass is 10.2. The maximum atomic E-state index is 10.3. The van der Waals surface area contributed by atoms with Crippen LogP contribution in [0.1, 0.15) is 25.3 Å². The minimum atomic E-state index is -0.328. The molecule has 18 heavy (non-hydrogen) atoms. The summed E-state index contributed by atoms with van der Waals surface area (Å²) in [6.45, 7) is 2.84. The highest BCUT2D eigenvalue weighted by Gasteiger charge is 1.93. The summed E-state index contributed by atoms with van der Waals surface area (Å²) in [5.74, 6) is -0.538. The fourth-order valence-corrected chi connectivity index (χ4v) is 1.17. The van der Waals surface area contributed by atoms with Crippen LogP contribution in [0, 0.1) is 0 Å².